The van der Waals surface area contributed by atoms with Crippen molar-refractivity contribution in [2.24, 2.45) is 0 Å². The highest BCUT2D eigenvalue weighted by molar-refractivity contribution is 8.00. The van der Waals surface area contributed by atoms with Gasteiger partial charge in [0.2, 0.25) is 0 Å². The number of ketones is 1. The minimum absolute atomic E-state index is 0.0400. The molecule has 0 saturated carbocycles. The van der Waals surface area contributed by atoms with Crippen LogP contribution in [0, 0.1) is 0 Å². The molecule has 0 atom stereocenters. The Morgan fingerprint density at radius 3 is 2.04 bits per heavy atom. The summed E-state index contributed by atoms with van der Waals surface area (Å²) in [7, 11) is 0. The average Bonchev–Trinajstić information content (AvgIpc) is 3.51. The third-order valence-corrected chi connectivity index (χ3v) is 8.26. The van der Waals surface area contributed by atoms with Crippen molar-refractivity contribution in [3.63, 3.8) is 0 Å². The normalized spacial score (nSPS) is 11.2. The summed E-state index contributed by atoms with van der Waals surface area (Å²) in [5.74, 6) is -0.514. The number of para-hydroxylation sites is 1. The summed E-state index contributed by atoms with van der Waals surface area (Å²) >= 11 is 1.43. The van der Waals surface area contributed by atoms with Crippen molar-refractivity contribution < 1.29 is 14.4 Å². The Bertz CT molecular complexity index is 1980. The van der Waals surface area contributed by atoms with E-state index in [1.54, 1.807) is 48.7 Å². The maximum atomic E-state index is 13.5. The van der Waals surface area contributed by atoms with Crippen LogP contribution in [-0.2, 0) is 4.79 Å². The summed E-state index contributed by atoms with van der Waals surface area (Å²) in [6.07, 6.45) is 3.47. The molecule has 0 aliphatic heterocycles. The molecule has 0 saturated heterocycles. The first-order valence-electron chi connectivity index (χ1n) is 14.4. The van der Waals surface area contributed by atoms with E-state index in [1.165, 1.54) is 11.8 Å². The van der Waals surface area contributed by atoms with Gasteiger partial charge in [0.25, 0.3) is 11.8 Å². The van der Waals surface area contributed by atoms with E-state index in [2.05, 4.69) is 15.6 Å². The van der Waals surface area contributed by atoms with E-state index in [9.17, 15) is 14.4 Å². The molecule has 6 nitrogen and oxygen atoms in total. The highest BCUT2D eigenvalue weighted by Crippen LogP contribution is 2.24. The number of aromatic amines is 1. The Morgan fingerprint density at radius 1 is 0.667 bits per heavy atom. The third-order valence-electron chi connectivity index (χ3n) is 7.25. The molecule has 0 aliphatic carbocycles. The number of hydrogen-bond acceptors (Lipinski definition) is 4. The van der Waals surface area contributed by atoms with Crippen molar-refractivity contribution in [1.82, 2.24) is 10.3 Å². The summed E-state index contributed by atoms with van der Waals surface area (Å²) in [6, 6.07) is 41.5. The van der Waals surface area contributed by atoms with E-state index in [4.69, 9.17) is 0 Å². The number of amides is 2. The molecule has 0 aliphatic rings. The number of H-pyrrole nitrogens is 1. The molecular formula is C38H29N3O3S. The first-order valence-corrected chi connectivity index (χ1v) is 15.4. The minimum atomic E-state index is -0.459. The van der Waals surface area contributed by atoms with Gasteiger partial charge in [0.15, 0.2) is 5.78 Å². The second-order valence-electron chi connectivity index (χ2n) is 10.3. The molecule has 45 heavy (non-hydrogen) atoms. The minimum Gasteiger partial charge on any atom is -0.361 e. The molecule has 0 spiro atoms. The molecule has 0 radical (unpaired) electrons. The van der Waals surface area contributed by atoms with Crippen molar-refractivity contribution in [3.05, 3.63) is 162 Å². The first-order chi connectivity index (χ1) is 22.0. The number of Topliss-reactive ketones (excluding diaryl/α,β-unsaturated/α-hetero) is 1. The van der Waals surface area contributed by atoms with Crippen molar-refractivity contribution in [1.29, 1.82) is 0 Å². The number of carbonyl (C=O) groups is 3. The largest absolute Gasteiger partial charge is 0.361 e. The number of rotatable bonds is 10. The Morgan fingerprint density at radius 2 is 1.31 bits per heavy atom. The maximum absolute atomic E-state index is 13.5. The van der Waals surface area contributed by atoms with Gasteiger partial charge < -0.3 is 15.6 Å². The van der Waals surface area contributed by atoms with Gasteiger partial charge in [-0.1, -0.05) is 91.0 Å². The van der Waals surface area contributed by atoms with Crippen LogP contribution >= 0.6 is 11.8 Å². The second-order valence-corrected chi connectivity index (χ2v) is 11.4. The Balaban J connectivity index is 1.12. The van der Waals surface area contributed by atoms with Crippen molar-refractivity contribution in [2.45, 2.75) is 4.90 Å². The molecule has 0 fully saturated rings. The number of benzene rings is 5. The van der Waals surface area contributed by atoms with Crippen molar-refractivity contribution in [3.8, 4) is 11.1 Å². The Hall–Kier alpha value is -5.66. The number of anilines is 1. The Labute approximate surface area is 265 Å². The predicted octanol–water partition coefficient (Wildman–Crippen LogP) is 8.22. The molecule has 1 aromatic heterocycles. The number of aromatic nitrogens is 1. The van der Waals surface area contributed by atoms with Gasteiger partial charge in [0.1, 0.15) is 5.70 Å². The molecule has 7 heteroatoms. The Kier molecular flexibility index (Phi) is 8.99. The molecular weight excluding hydrogens is 579 g/mol. The van der Waals surface area contributed by atoms with E-state index in [0.717, 1.165) is 32.5 Å². The summed E-state index contributed by atoms with van der Waals surface area (Å²) in [4.78, 5) is 43.4. The fraction of sp³-hybridized carbons (Fsp3) is 0.0263. The molecule has 3 N–H and O–H groups in total. The highest BCUT2D eigenvalue weighted by Gasteiger charge is 2.16. The van der Waals surface area contributed by atoms with E-state index in [1.807, 2.05) is 97.1 Å². The van der Waals surface area contributed by atoms with Gasteiger partial charge in [0.05, 0.1) is 5.75 Å². The number of hydrogen-bond donors (Lipinski definition) is 3. The summed E-state index contributed by atoms with van der Waals surface area (Å²) in [5, 5.41) is 6.60. The molecule has 6 aromatic rings. The maximum Gasteiger partial charge on any atom is 0.272 e. The van der Waals surface area contributed by atoms with E-state index >= 15 is 0 Å². The lowest BCUT2D eigenvalue weighted by Crippen LogP contribution is -2.30. The van der Waals surface area contributed by atoms with E-state index < -0.39 is 5.91 Å². The lowest BCUT2D eigenvalue weighted by Gasteiger charge is -2.12. The van der Waals surface area contributed by atoms with Crippen LogP contribution in [0.1, 0.15) is 26.3 Å². The summed E-state index contributed by atoms with van der Waals surface area (Å²) < 4.78 is 0. The van der Waals surface area contributed by atoms with Gasteiger partial charge in [0, 0.05) is 44.4 Å². The van der Waals surface area contributed by atoms with Crippen molar-refractivity contribution >= 4 is 52.0 Å². The number of fused-ring (bicyclic) bond motifs is 1. The van der Waals surface area contributed by atoms with Crippen LogP contribution in [0.2, 0.25) is 0 Å². The SMILES string of the molecule is O=C(Nc1ccc(SCC(=O)c2ccc(-c3ccccc3)cc2)cc1)C(=Cc1c[nH]c2ccccc12)NC(=O)c1ccccc1. The van der Waals surface area contributed by atoms with Crippen LogP contribution in [0.5, 0.6) is 0 Å². The first kappa shape index (κ1) is 29.4. The predicted molar refractivity (Wildman–Crippen MR) is 182 cm³/mol. The zero-order valence-corrected chi connectivity index (χ0v) is 25.0. The van der Waals surface area contributed by atoms with Crippen LogP contribution in [-0.4, -0.2) is 28.3 Å². The molecule has 220 valence electrons. The number of nitrogens with one attached hydrogen (secondary N) is 3. The molecule has 5 aromatic carbocycles. The highest BCUT2D eigenvalue weighted by atomic mass is 32.2. The molecule has 2 amide bonds. The fourth-order valence-corrected chi connectivity index (χ4v) is 5.65. The van der Waals surface area contributed by atoms with Gasteiger partial charge in [-0.3, -0.25) is 14.4 Å². The third kappa shape index (κ3) is 7.29. The van der Waals surface area contributed by atoms with E-state index in [-0.39, 0.29) is 17.4 Å². The number of carbonyl (C=O) groups excluding carboxylic acids is 3. The lowest BCUT2D eigenvalue weighted by atomic mass is 10.0. The average molecular weight is 608 g/mol. The molecule has 6 rings (SSSR count). The smallest absolute Gasteiger partial charge is 0.272 e. The topological polar surface area (TPSA) is 91.1 Å². The zero-order valence-electron chi connectivity index (χ0n) is 24.2. The standard InChI is InChI=1S/C38H29N3O3S/c42-36(28-17-15-27(16-18-28)26-9-3-1-4-10-26)25-45-32-21-19-31(20-22-32)40-38(44)35(41-37(43)29-11-5-2-6-12-29)23-30-24-39-34-14-8-7-13-33(30)34/h1-24,39H,25H2,(H,40,44)(H,41,43). The van der Waals surface area contributed by atoms with Gasteiger partial charge in [-0.05, 0) is 59.7 Å². The van der Waals surface area contributed by atoms with Gasteiger partial charge in [-0.15, -0.1) is 11.8 Å². The zero-order chi connectivity index (χ0) is 31.0. The van der Waals surface area contributed by atoms with Gasteiger partial charge in [-0.2, -0.15) is 0 Å². The van der Waals surface area contributed by atoms with Crippen LogP contribution in [0.15, 0.2) is 150 Å². The van der Waals surface area contributed by atoms with Crippen molar-refractivity contribution in [2.75, 3.05) is 11.1 Å². The fourth-order valence-electron chi connectivity index (χ4n) is 4.86. The van der Waals surface area contributed by atoms with Gasteiger partial charge in [-0.25, -0.2) is 0 Å². The monoisotopic (exact) mass is 607 g/mol. The quantitative estimate of drug-likeness (QED) is 0.0831. The van der Waals surface area contributed by atoms with Crippen LogP contribution in [0.3, 0.4) is 0 Å². The van der Waals surface area contributed by atoms with Crippen LogP contribution in [0.4, 0.5) is 5.69 Å². The van der Waals surface area contributed by atoms with E-state index in [0.29, 0.717) is 22.6 Å². The lowest BCUT2D eigenvalue weighted by molar-refractivity contribution is -0.113. The van der Waals surface area contributed by atoms with Gasteiger partial charge >= 0.3 is 0 Å². The molecule has 1 heterocycles. The number of thioether (sulfide) groups is 1. The molecule has 0 unspecified atom stereocenters. The van der Waals surface area contributed by atoms with Crippen LogP contribution < -0.4 is 10.6 Å². The summed E-state index contributed by atoms with van der Waals surface area (Å²) in [6.45, 7) is 0. The van der Waals surface area contributed by atoms with Crippen LogP contribution in [0.25, 0.3) is 28.1 Å². The molecule has 0 bridgehead atoms. The summed E-state index contributed by atoms with van der Waals surface area (Å²) in [5.41, 5.74) is 5.65. The second kappa shape index (κ2) is 13.8.